The molecule has 100 valence electrons. The van der Waals surface area contributed by atoms with E-state index in [1.165, 1.54) is 0 Å². The van der Waals surface area contributed by atoms with Gasteiger partial charge < -0.3 is 5.73 Å². The third-order valence-corrected chi connectivity index (χ3v) is 3.91. The van der Waals surface area contributed by atoms with E-state index in [1.807, 2.05) is 37.3 Å². The van der Waals surface area contributed by atoms with E-state index in [1.54, 1.807) is 6.07 Å². The van der Waals surface area contributed by atoms with Crippen LogP contribution in [0.25, 0.3) is 0 Å². The Morgan fingerprint density at radius 3 is 2.26 bits per heavy atom. The molecule has 0 heterocycles. The largest absolute Gasteiger partial charge is 0.324 e. The normalized spacial score (nSPS) is 12.5. The van der Waals surface area contributed by atoms with Crippen LogP contribution in [-0.4, -0.2) is 0 Å². The fourth-order valence-corrected chi connectivity index (χ4v) is 2.80. The molecule has 0 aliphatic carbocycles. The summed E-state index contributed by atoms with van der Waals surface area (Å²) >= 11 is 18.0. The lowest BCUT2D eigenvalue weighted by atomic mass is 9.96. The van der Waals surface area contributed by atoms with Crippen LogP contribution in [0.3, 0.4) is 0 Å². The van der Waals surface area contributed by atoms with E-state index in [0.29, 0.717) is 16.5 Å². The Hall–Kier alpha value is -0.730. The number of hydrogen-bond acceptors (Lipinski definition) is 1. The quantitative estimate of drug-likeness (QED) is 0.828. The Morgan fingerprint density at radius 2 is 1.63 bits per heavy atom. The number of rotatable bonds is 3. The molecule has 1 atom stereocenters. The molecule has 2 aromatic rings. The van der Waals surface area contributed by atoms with Crippen molar-refractivity contribution in [3.63, 3.8) is 0 Å². The molecule has 19 heavy (non-hydrogen) atoms. The van der Waals surface area contributed by atoms with Gasteiger partial charge in [0.15, 0.2) is 0 Å². The van der Waals surface area contributed by atoms with Crippen LogP contribution in [0.1, 0.15) is 22.7 Å². The van der Waals surface area contributed by atoms with Gasteiger partial charge in [-0.3, -0.25) is 0 Å². The highest BCUT2D eigenvalue weighted by Gasteiger charge is 2.12. The molecular formula is C15H14Cl3N. The van der Waals surface area contributed by atoms with Gasteiger partial charge in [-0.15, -0.1) is 0 Å². The molecule has 1 unspecified atom stereocenters. The van der Waals surface area contributed by atoms with Crippen molar-refractivity contribution in [2.75, 3.05) is 0 Å². The first kappa shape index (κ1) is 14.7. The highest BCUT2D eigenvalue weighted by atomic mass is 35.5. The highest BCUT2D eigenvalue weighted by molar-refractivity contribution is 6.35. The number of hydrogen-bond donors (Lipinski definition) is 1. The lowest BCUT2D eigenvalue weighted by Crippen LogP contribution is -2.14. The molecule has 0 aliphatic rings. The molecule has 0 fully saturated rings. The third-order valence-electron chi connectivity index (χ3n) is 3.09. The summed E-state index contributed by atoms with van der Waals surface area (Å²) in [6, 6.07) is 11.1. The van der Waals surface area contributed by atoms with Gasteiger partial charge in [-0.25, -0.2) is 0 Å². The van der Waals surface area contributed by atoms with Gasteiger partial charge in [0.2, 0.25) is 0 Å². The predicted molar refractivity (Wildman–Crippen MR) is 83.3 cm³/mol. The fourth-order valence-electron chi connectivity index (χ4n) is 2.09. The van der Waals surface area contributed by atoms with Crippen LogP contribution in [0.15, 0.2) is 36.4 Å². The van der Waals surface area contributed by atoms with Crippen LogP contribution in [0, 0.1) is 6.92 Å². The predicted octanol–water partition coefficient (Wildman–Crippen LogP) is 5.20. The fraction of sp³-hybridized carbons (Fsp3) is 0.200. The van der Waals surface area contributed by atoms with E-state index in [4.69, 9.17) is 40.5 Å². The molecule has 0 aromatic heterocycles. The van der Waals surface area contributed by atoms with E-state index in [-0.39, 0.29) is 6.04 Å². The first-order chi connectivity index (χ1) is 8.97. The second kappa shape index (κ2) is 6.15. The maximum absolute atomic E-state index is 6.25. The van der Waals surface area contributed by atoms with Gasteiger partial charge in [0.1, 0.15) is 0 Å². The van der Waals surface area contributed by atoms with Gasteiger partial charge in [-0.2, -0.15) is 0 Å². The molecule has 2 rings (SSSR count). The van der Waals surface area contributed by atoms with Crippen LogP contribution in [0.2, 0.25) is 15.1 Å². The number of aryl methyl sites for hydroxylation is 1. The zero-order chi connectivity index (χ0) is 14.0. The van der Waals surface area contributed by atoms with Gasteiger partial charge in [-0.05, 0) is 54.3 Å². The molecule has 0 amide bonds. The monoisotopic (exact) mass is 313 g/mol. The molecule has 0 aliphatic heterocycles. The van der Waals surface area contributed by atoms with Crippen molar-refractivity contribution in [1.82, 2.24) is 0 Å². The van der Waals surface area contributed by atoms with Gasteiger partial charge in [-0.1, -0.05) is 46.9 Å². The van der Waals surface area contributed by atoms with Crippen molar-refractivity contribution in [3.8, 4) is 0 Å². The minimum absolute atomic E-state index is 0.115. The molecule has 0 saturated heterocycles. The van der Waals surface area contributed by atoms with E-state index < -0.39 is 0 Å². The maximum atomic E-state index is 6.25. The van der Waals surface area contributed by atoms with Crippen molar-refractivity contribution in [2.24, 2.45) is 5.73 Å². The second-order valence-electron chi connectivity index (χ2n) is 4.55. The van der Waals surface area contributed by atoms with Crippen molar-refractivity contribution in [1.29, 1.82) is 0 Å². The molecule has 0 bridgehead atoms. The van der Waals surface area contributed by atoms with Crippen molar-refractivity contribution in [3.05, 3.63) is 68.2 Å². The van der Waals surface area contributed by atoms with Crippen LogP contribution >= 0.6 is 34.8 Å². The van der Waals surface area contributed by atoms with Crippen molar-refractivity contribution >= 4 is 34.8 Å². The van der Waals surface area contributed by atoms with Crippen molar-refractivity contribution < 1.29 is 0 Å². The lowest BCUT2D eigenvalue weighted by Gasteiger charge is -2.16. The maximum Gasteiger partial charge on any atom is 0.0453 e. The summed E-state index contributed by atoms with van der Waals surface area (Å²) in [4.78, 5) is 0. The standard InChI is InChI=1S/C15H14Cl3N/c1-9-6-11(16)4-5-13(9)15(19)7-10-2-3-12(17)8-14(10)18/h2-6,8,15H,7,19H2,1H3. The molecule has 2 N–H and O–H groups in total. The smallest absolute Gasteiger partial charge is 0.0453 e. The zero-order valence-corrected chi connectivity index (χ0v) is 12.7. The van der Waals surface area contributed by atoms with Gasteiger partial charge in [0.25, 0.3) is 0 Å². The van der Waals surface area contributed by atoms with E-state index in [0.717, 1.165) is 21.7 Å². The van der Waals surface area contributed by atoms with E-state index in [2.05, 4.69) is 0 Å². The molecule has 0 spiro atoms. The number of nitrogens with two attached hydrogens (primary N) is 1. The Balaban J connectivity index is 2.23. The first-order valence-corrected chi connectivity index (χ1v) is 7.06. The second-order valence-corrected chi connectivity index (χ2v) is 5.83. The number of halogens is 3. The molecule has 1 nitrogen and oxygen atoms in total. The Bertz CT molecular complexity index is 596. The van der Waals surface area contributed by atoms with Crippen LogP contribution in [0.5, 0.6) is 0 Å². The topological polar surface area (TPSA) is 26.0 Å². The van der Waals surface area contributed by atoms with Crippen LogP contribution < -0.4 is 5.73 Å². The Morgan fingerprint density at radius 1 is 1.00 bits per heavy atom. The Labute approximate surface area is 128 Å². The average molecular weight is 315 g/mol. The van der Waals surface area contributed by atoms with Crippen LogP contribution in [0.4, 0.5) is 0 Å². The van der Waals surface area contributed by atoms with Gasteiger partial charge in [0.05, 0.1) is 0 Å². The number of benzene rings is 2. The molecule has 4 heteroatoms. The third kappa shape index (κ3) is 3.64. The molecule has 0 saturated carbocycles. The summed E-state index contributed by atoms with van der Waals surface area (Å²) in [7, 11) is 0. The summed E-state index contributed by atoms with van der Waals surface area (Å²) < 4.78 is 0. The summed E-state index contributed by atoms with van der Waals surface area (Å²) in [5.74, 6) is 0. The summed E-state index contributed by atoms with van der Waals surface area (Å²) in [5.41, 5.74) is 9.41. The minimum Gasteiger partial charge on any atom is -0.324 e. The summed E-state index contributed by atoms with van der Waals surface area (Å²) in [6.45, 7) is 2.00. The van der Waals surface area contributed by atoms with Gasteiger partial charge >= 0.3 is 0 Å². The van der Waals surface area contributed by atoms with E-state index >= 15 is 0 Å². The highest BCUT2D eigenvalue weighted by Crippen LogP contribution is 2.27. The van der Waals surface area contributed by atoms with Crippen molar-refractivity contribution in [2.45, 2.75) is 19.4 Å². The van der Waals surface area contributed by atoms with Crippen LogP contribution in [-0.2, 0) is 6.42 Å². The summed E-state index contributed by atoms with van der Waals surface area (Å²) in [5, 5.41) is 2.00. The van der Waals surface area contributed by atoms with E-state index in [9.17, 15) is 0 Å². The SMILES string of the molecule is Cc1cc(Cl)ccc1C(N)Cc1ccc(Cl)cc1Cl. The molecular weight excluding hydrogens is 301 g/mol. The first-order valence-electron chi connectivity index (χ1n) is 5.93. The van der Waals surface area contributed by atoms with Gasteiger partial charge in [0, 0.05) is 21.1 Å². The summed E-state index contributed by atoms with van der Waals surface area (Å²) in [6.07, 6.45) is 0.665. The Kier molecular flexibility index (Phi) is 4.75. The zero-order valence-electron chi connectivity index (χ0n) is 10.5. The molecule has 0 radical (unpaired) electrons. The lowest BCUT2D eigenvalue weighted by molar-refractivity contribution is 0.717. The average Bonchev–Trinajstić information content (AvgIpc) is 2.32. The molecule has 2 aromatic carbocycles. The minimum atomic E-state index is -0.115.